The van der Waals surface area contributed by atoms with Gasteiger partial charge in [-0.3, -0.25) is 4.90 Å². The van der Waals surface area contributed by atoms with E-state index in [2.05, 4.69) is 11.8 Å². The lowest BCUT2D eigenvalue weighted by molar-refractivity contribution is 0.0696. The molecule has 0 saturated carbocycles. The number of benzene rings is 1. The molecule has 1 aliphatic rings. The number of nitrogens with zero attached hydrogens (tertiary/aromatic N) is 1. The van der Waals surface area contributed by atoms with Gasteiger partial charge in [-0.25, -0.2) is 4.79 Å². The quantitative estimate of drug-likeness (QED) is 0.872. The molecule has 1 aliphatic heterocycles. The molecule has 0 radical (unpaired) electrons. The summed E-state index contributed by atoms with van der Waals surface area (Å²) in [7, 11) is 0. The Hall–Kier alpha value is -1.35. The molecule has 1 aromatic rings. The van der Waals surface area contributed by atoms with Crippen molar-refractivity contribution in [1.29, 1.82) is 0 Å². The van der Waals surface area contributed by atoms with Crippen molar-refractivity contribution >= 4 is 5.97 Å². The van der Waals surface area contributed by atoms with Gasteiger partial charge in [-0.1, -0.05) is 6.07 Å². The van der Waals surface area contributed by atoms with Gasteiger partial charge < -0.3 is 5.11 Å². The van der Waals surface area contributed by atoms with Crippen molar-refractivity contribution in [3.63, 3.8) is 0 Å². The summed E-state index contributed by atoms with van der Waals surface area (Å²) in [4.78, 5) is 13.3. The summed E-state index contributed by atoms with van der Waals surface area (Å²) in [5.74, 6) is -0.853. The van der Waals surface area contributed by atoms with E-state index in [-0.39, 0.29) is 0 Å². The first-order valence-electron chi connectivity index (χ1n) is 6.15. The van der Waals surface area contributed by atoms with E-state index < -0.39 is 5.97 Å². The zero-order valence-corrected chi connectivity index (χ0v) is 10.4. The van der Waals surface area contributed by atoms with Crippen molar-refractivity contribution in [2.45, 2.75) is 39.3 Å². The molecule has 0 aliphatic carbocycles. The van der Waals surface area contributed by atoms with Gasteiger partial charge in [0.1, 0.15) is 0 Å². The molecule has 1 fully saturated rings. The Morgan fingerprint density at radius 2 is 2.29 bits per heavy atom. The Labute approximate surface area is 102 Å². The van der Waals surface area contributed by atoms with Crippen LogP contribution in [0.3, 0.4) is 0 Å². The van der Waals surface area contributed by atoms with Crippen molar-refractivity contribution < 1.29 is 9.90 Å². The molecule has 1 unspecified atom stereocenters. The molecule has 0 aromatic heterocycles. The smallest absolute Gasteiger partial charge is 0.335 e. The topological polar surface area (TPSA) is 40.5 Å². The van der Waals surface area contributed by atoms with Gasteiger partial charge in [0.25, 0.3) is 0 Å². The molecule has 1 atom stereocenters. The Morgan fingerprint density at radius 1 is 1.53 bits per heavy atom. The Balaban J connectivity index is 2.14. The highest BCUT2D eigenvalue weighted by atomic mass is 16.4. The summed E-state index contributed by atoms with van der Waals surface area (Å²) in [6.07, 6.45) is 2.54. The van der Waals surface area contributed by atoms with E-state index in [1.54, 1.807) is 12.1 Å². The van der Waals surface area contributed by atoms with Crippen molar-refractivity contribution in [1.82, 2.24) is 4.90 Å². The number of carbonyl (C=O) groups is 1. The summed E-state index contributed by atoms with van der Waals surface area (Å²) in [6.45, 7) is 6.34. The molecule has 1 N–H and O–H groups in total. The fraction of sp³-hybridized carbons (Fsp3) is 0.500. The number of carboxylic acid groups (broad SMARTS) is 1. The summed E-state index contributed by atoms with van der Waals surface area (Å²) in [5, 5.41) is 8.92. The molecule has 0 bridgehead atoms. The highest BCUT2D eigenvalue weighted by Crippen LogP contribution is 2.21. The second-order valence-corrected chi connectivity index (χ2v) is 4.91. The van der Waals surface area contributed by atoms with Crippen molar-refractivity contribution in [3.8, 4) is 0 Å². The summed E-state index contributed by atoms with van der Waals surface area (Å²) in [5.41, 5.74) is 2.69. The molecular weight excluding hydrogens is 214 g/mol. The second-order valence-electron chi connectivity index (χ2n) is 4.91. The number of aryl methyl sites for hydroxylation is 1. The lowest BCUT2D eigenvalue weighted by Crippen LogP contribution is -2.26. The van der Waals surface area contributed by atoms with Crippen LogP contribution >= 0.6 is 0 Å². The van der Waals surface area contributed by atoms with Gasteiger partial charge in [0.15, 0.2) is 0 Å². The third kappa shape index (κ3) is 2.67. The molecule has 0 amide bonds. The van der Waals surface area contributed by atoms with Crippen molar-refractivity contribution in [2.24, 2.45) is 0 Å². The Morgan fingerprint density at radius 3 is 2.82 bits per heavy atom. The zero-order valence-electron chi connectivity index (χ0n) is 10.4. The van der Waals surface area contributed by atoms with Gasteiger partial charge in [0.2, 0.25) is 0 Å². The van der Waals surface area contributed by atoms with Gasteiger partial charge >= 0.3 is 5.97 Å². The van der Waals surface area contributed by atoms with E-state index in [0.717, 1.165) is 18.7 Å². The molecule has 0 spiro atoms. The summed E-state index contributed by atoms with van der Waals surface area (Å²) >= 11 is 0. The molecular formula is C14H19NO2. The molecule has 3 heteroatoms. The second kappa shape index (κ2) is 4.88. The highest BCUT2D eigenvalue weighted by Gasteiger charge is 2.20. The van der Waals surface area contributed by atoms with E-state index >= 15 is 0 Å². The number of carboxylic acids is 1. The predicted molar refractivity (Wildman–Crippen MR) is 67.2 cm³/mol. The lowest BCUT2D eigenvalue weighted by Gasteiger charge is -2.22. The molecule has 1 saturated heterocycles. The average Bonchev–Trinajstić information content (AvgIpc) is 2.67. The van der Waals surface area contributed by atoms with Gasteiger partial charge in [-0.2, -0.15) is 0 Å². The average molecular weight is 233 g/mol. The first-order chi connectivity index (χ1) is 8.08. The maximum Gasteiger partial charge on any atom is 0.335 e. The SMILES string of the molecule is Cc1cc(C(=O)O)ccc1CN1CCCC1C. The largest absolute Gasteiger partial charge is 0.478 e. The van der Waals surface area contributed by atoms with Crippen LogP contribution < -0.4 is 0 Å². The molecule has 1 aromatic carbocycles. The molecule has 2 rings (SSSR count). The molecule has 1 heterocycles. The highest BCUT2D eigenvalue weighted by molar-refractivity contribution is 5.87. The van der Waals surface area contributed by atoms with Gasteiger partial charge in [-0.05, 0) is 56.5 Å². The van der Waals surface area contributed by atoms with Crippen LogP contribution in [0.5, 0.6) is 0 Å². The fourth-order valence-corrected chi connectivity index (χ4v) is 2.45. The van der Waals surface area contributed by atoms with Crippen LogP contribution in [0, 0.1) is 6.92 Å². The lowest BCUT2D eigenvalue weighted by atomic mass is 10.0. The summed E-state index contributed by atoms with van der Waals surface area (Å²) in [6, 6.07) is 6.06. The van der Waals surface area contributed by atoms with Crippen molar-refractivity contribution in [3.05, 3.63) is 34.9 Å². The van der Waals surface area contributed by atoms with Crippen LogP contribution in [-0.2, 0) is 6.54 Å². The Bertz CT molecular complexity index is 428. The minimum atomic E-state index is -0.853. The Kier molecular flexibility index (Phi) is 3.48. The van der Waals surface area contributed by atoms with E-state index in [9.17, 15) is 4.79 Å². The van der Waals surface area contributed by atoms with E-state index in [1.807, 2.05) is 13.0 Å². The first-order valence-corrected chi connectivity index (χ1v) is 6.15. The van der Waals surface area contributed by atoms with Crippen LogP contribution in [0.1, 0.15) is 41.3 Å². The number of hydrogen-bond donors (Lipinski definition) is 1. The third-order valence-electron chi connectivity index (χ3n) is 3.65. The third-order valence-corrected chi connectivity index (χ3v) is 3.65. The van der Waals surface area contributed by atoms with E-state index in [4.69, 9.17) is 5.11 Å². The van der Waals surface area contributed by atoms with Crippen LogP contribution in [0.15, 0.2) is 18.2 Å². The number of rotatable bonds is 3. The number of aromatic carboxylic acids is 1. The van der Waals surface area contributed by atoms with Gasteiger partial charge in [0, 0.05) is 12.6 Å². The van der Waals surface area contributed by atoms with Gasteiger partial charge in [-0.15, -0.1) is 0 Å². The maximum atomic E-state index is 10.9. The number of hydrogen-bond acceptors (Lipinski definition) is 2. The van der Waals surface area contributed by atoms with Crippen molar-refractivity contribution in [2.75, 3.05) is 6.54 Å². The first kappa shape index (κ1) is 12.1. The van der Waals surface area contributed by atoms with E-state index in [0.29, 0.717) is 11.6 Å². The van der Waals surface area contributed by atoms with Crippen LogP contribution in [-0.4, -0.2) is 28.6 Å². The van der Waals surface area contributed by atoms with Crippen LogP contribution in [0.25, 0.3) is 0 Å². The molecule has 17 heavy (non-hydrogen) atoms. The fourth-order valence-electron chi connectivity index (χ4n) is 2.45. The van der Waals surface area contributed by atoms with Crippen LogP contribution in [0.4, 0.5) is 0 Å². The van der Waals surface area contributed by atoms with Gasteiger partial charge in [0.05, 0.1) is 5.56 Å². The zero-order chi connectivity index (χ0) is 12.4. The maximum absolute atomic E-state index is 10.9. The minimum Gasteiger partial charge on any atom is -0.478 e. The monoisotopic (exact) mass is 233 g/mol. The molecule has 3 nitrogen and oxygen atoms in total. The summed E-state index contributed by atoms with van der Waals surface area (Å²) < 4.78 is 0. The minimum absolute atomic E-state index is 0.376. The van der Waals surface area contributed by atoms with Crippen LogP contribution in [0.2, 0.25) is 0 Å². The van der Waals surface area contributed by atoms with E-state index in [1.165, 1.54) is 18.4 Å². The molecule has 92 valence electrons. The normalized spacial score (nSPS) is 20.7. The predicted octanol–water partition coefficient (Wildman–Crippen LogP) is 2.68. The standard InChI is InChI=1S/C14H19NO2/c1-10-8-12(14(16)17)5-6-13(10)9-15-7-3-4-11(15)2/h5-6,8,11H,3-4,7,9H2,1-2H3,(H,16,17). The number of likely N-dealkylation sites (tertiary alicyclic amines) is 1.